The Labute approximate surface area is 95.4 Å². The lowest BCUT2D eigenvalue weighted by Crippen LogP contribution is -2.30. The normalized spacial score (nSPS) is 10.8. The van der Waals surface area contributed by atoms with Gasteiger partial charge in [0.25, 0.3) is 0 Å². The number of ether oxygens (including phenoxy) is 1. The van der Waals surface area contributed by atoms with E-state index in [0.29, 0.717) is 12.4 Å². The average Bonchev–Trinajstić information content (AvgIpc) is 2.56. The van der Waals surface area contributed by atoms with Crippen LogP contribution < -0.4 is 0 Å². The second kappa shape index (κ2) is 5.65. The van der Waals surface area contributed by atoms with Gasteiger partial charge in [-0.3, -0.25) is 9.69 Å². The van der Waals surface area contributed by atoms with E-state index >= 15 is 0 Å². The van der Waals surface area contributed by atoms with Gasteiger partial charge in [-0.1, -0.05) is 6.92 Å². The highest BCUT2D eigenvalue weighted by molar-refractivity contribution is 5.71. The van der Waals surface area contributed by atoms with Crippen molar-refractivity contribution in [3.63, 3.8) is 0 Å². The van der Waals surface area contributed by atoms with Crippen molar-refractivity contribution in [2.24, 2.45) is 0 Å². The Kier molecular flexibility index (Phi) is 4.49. The number of carbonyl (C=O) groups is 1. The summed E-state index contributed by atoms with van der Waals surface area (Å²) in [5.41, 5.74) is 0.893. The molecule has 1 aromatic rings. The zero-order valence-electron chi connectivity index (χ0n) is 10.2. The van der Waals surface area contributed by atoms with Gasteiger partial charge in [0.2, 0.25) is 5.89 Å². The Morgan fingerprint density at radius 1 is 1.50 bits per heavy atom. The summed E-state index contributed by atoms with van der Waals surface area (Å²) in [5, 5.41) is 0. The molecule has 0 aliphatic rings. The van der Waals surface area contributed by atoms with Crippen LogP contribution >= 0.6 is 0 Å². The molecule has 0 radical (unpaired) electrons. The number of aromatic nitrogens is 1. The minimum atomic E-state index is -0.248. The Morgan fingerprint density at radius 3 is 2.62 bits per heavy atom. The molecule has 0 unspecified atom stereocenters. The molecular weight excluding hydrogens is 208 g/mol. The Hall–Kier alpha value is -1.36. The highest BCUT2D eigenvalue weighted by atomic mass is 16.5. The molecule has 0 aliphatic carbocycles. The summed E-state index contributed by atoms with van der Waals surface area (Å²) in [7, 11) is 1.38. The SMILES string of the molecule is CCN(CC(=O)OC)Cc1nc(C)c(C)o1. The summed E-state index contributed by atoms with van der Waals surface area (Å²) in [6, 6.07) is 0. The maximum absolute atomic E-state index is 11.1. The molecule has 0 N–H and O–H groups in total. The fraction of sp³-hybridized carbons (Fsp3) is 0.636. The predicted octanol–water partition coefficient (Wildman–Crippen LogP) is 1.29. The number of methoxy groups -OCH3 is 1. The van der Waals surface area contributed by atoms with Crippen molar-refractivity contribution in [3.05, 3.63) is 17.3 Å². The van der Waals surface area contributed by atoms with Gasteiger partial charge >= 0.3 is 5.97 Å². The third-order valence-corrected chi connectivity index (χ3v) is 2.46. The van der Waals surface area contributed by atoms with Gasteiger partial charge in [0.1, 0.15) is 5.76 Å². The van der Waals surface area contributed by atoms with Crippen molar-refractivity contribution in [1.82, 2.24) is 9.88 Å². The van der Waals surface area contributed by atoms with Crippen LogP contribution in [0.5, 0.6) is 0 Å². The van der Waals surface area contributed by atoms with E-state index in [0.717, 1.165) is 18.0 Å². The molecule has 16 heavy (non-hydrogen) atoms. The molecule has 0 saturated carbocycles. The molecule has 0 fully saturated rings. The van der Waals surface area contributed by atoms with Gasteiger partial charge in [-0.2, -0.15) is 0 Å². The van der Waals surface area contributed by atoms with Crippen molar-refractivity contribution < 1.29 is 13.9 Å². The van der Waals surface area contributed by atoms with E-state index < -0.39 is 0 Å². The van der Waals surface area contributed by atoms with E-state index in [1.165, 1.54) is 7.11 Å². The van der Waals surface area contributed by atoms with Gasteiger partial charge in [0.15, 0.2) is 0 Å². The number of nitrogens with zero attached hydrogens (tertiary/aromatic N) is 2. The summed E-state index contributed by atoms with van der Waals surface area (Å²) >= 11 is 0. The molecule has 0 spiro atoms. The van der Waals surface area contributed by atoms with Crippen LogP contribution in [0.25, 0.3) is 0 Å². The van der Waals surface area contributed by atoms with Crippen LogP contribution in [0, 0.1) is 13.8 Å². The van der Waals surface area contributed by atoms with Crippen LogP contribution in [0.2, 0.25) is 0 Å². The third-order valence-electron chi connectivity index (χ3n) is 2.46. The predicted molar refractivity (Wildman–Crippen MR) is 58.9 cm³/mol. The van der Waals surface area contributed by atoms with Crippen LogP contribution in [0.4, 0.5) is 0 Å². The number of rotatable bonds is 5. The number of carbonyl (C=O) groups excluding carboxylic acids is 1. The zero-order chi connectivity index (χ0) is 12.1. The first kappa shape index (κ1) is 12.7. The van der Waals surface area contributed by atoms with Gasteiger partial charge in [0, 0.05) is 0 Å². The molecule has 0 aliphatic heterocycles. The summed E-state index contributed by atoms with van der Waals surface area (Å²) in [5.74, 6) is 1.21. The Balaban J connectivity index is 2.59. The summed E-state index contributed by atoms with van der Waals surface area (Å²) in [4.78, 5) is 17.3. The highest BCUT2D eigenvalue weighted by Crippen LogP contribution is 2.10. The molecule has 5 nitrogen and oxygen atoms in total. The Bertz CT molecular complexity index is 341. The number of hydrogen-bond acceptors (Lipinski definition) is 5. The maximum atomic E-state index is 11.1. The van der Waals surface area contributed by atoms with Gasteiger partial charge in [0.05, 0.1) is 25.9 Å². The molecule has 0 atom stereocenters. The number of esters is 1. The molecule has 0 bridgehead atoms. The van der Waals surface area contributed by atoms with Crippen molar-refractivity contribution in [2.45, 2.75) is 27.3 Å². The van der Waals surface area contributed by atoms with Crippen molar-refractivity contribution in [3.8, 4) is 0 Å². The van der Waals surface area contributed by atoms with E-state index in [1.807, 2.05) is 25.7 Å². The van der Waals surface area contributed by atoms with Gasteiger partial charge in [-0.25, -0.2) is 4.98 Å². The molecular formula is C11H18N2O3. The van der Waals surface area contributed by atoms with E-state index in [1.54, 1.807) is 0 Å². The first-order valence-electron chi connectivity index (χ1n) is 5.28. The molecule has 1 aromatic heterocycles. The van der Waals surface area contributed by atoms with Crippen molar-refractivity contribution in [1.29, 1.82) is 0 Å². The largest absolute Gasteiger partial charge is 0.468 e. The fourth-order valence-electron chi connectivity index (χ4n) is 1.32. The van der Waals surface area contributed by atoms with Gasteiger partial charge in [-0.15, -0.1) is 0 Å². The molecule has 0 amide bonds. The average molecular weight is 226 g/mol. The van der Waals surface area contributed by atoms with E-state index in [2.05, 4.69) is 9.72 Å². The number of hydrogen-bond donors (Lipinski definition) is 0. The van der Waals surface area contributed by atoms with Crippen LogP contribution in [0.1, 0.15) is 24.3 Å². The van der Waals surface area contributed by atoms with Crippen molar-refractivity contribution in [2.75, 3.05) is 20.2 Å². The first-order chi connectivity index (χ1) is 7.56. The highest BCUT2D eigenvalue weighted by Gasteiger charge is 2.13. The fourth-order valence-corrected chi connectivity index (χ4v) is 1.32. The molecule has 1 heterocycles. The van der Waals surface area contributed by atoms with E-state index in [4.69, 9.17) is 4.42 Å². The van der Waals surface area contributed by atoms with Crippen LogP contribution in [0.3, 0.4) is 0 Å². The standard InChI is InChI=1S/C11H18N2O3/c1-5-13(7-11(14)15-4)6-10-12-8(2)9(3)16-10/h5-7H2,1-4H3. The quantitative estimate of drug-likeness (QED) is 0.708. The second-order valence-corrected chi connectivity index (χ2v) is 3.63. The van der Waals surface area contributed by atoms with E-state index in [-0.39, 0.29) is 12.5 Å². The molecule has 0 saturated heterocycles. The molecule has 0 aromatic carbocycles. The monoisotopic (exact) mass is 226 g/mol. The number of aryl methyl sites for hydroxylation is 2. The van der Waals surface area contributed by atoms with Crippen molar-refractivity contribution >= 4 is 5.97 Å². The maximum Gasteiger partial charge on any atom is 0.319 e. The minimum Gasteiger partial charge on any atom is -0.468 e. The number of oxazole rings is 1. The van der Waals surface area contributed by atoms with Crippen LogP contribution in [-0.4, -0.2) is 36.1 Å². The Morgan fingerprint density at radius 2 is 2.19 bits per heavy atom. The van der Waals surface area contributed by atoms with Gasteiger partial charge in [-0.05, 0) is 20.4 Å². The van der Waals surface area contributed by atoms with Gasteiger partial charge < -0.3 is 9.15 Å². The smallest absolute Gasteiger partial charge is 0.319 e. The summed E-state index contributed by atoms with van der Waals surface area (Å²) < 4.78 is 10.1. The van der Waals surface area contributed by atoms with Crippen LogP contribution in [0.15, 0.2) is 4.42 Å². The molecule has 5 heteroatoms. The minimum absolute atomic E-state index is 0.248. The molecule has 90 valence electrons. The third kappa shape index (κ3) is 3.34. The zero-order valence-corrected chi connectivity index (χ0v) is 10.2. The lowest BCUT2D eigenvalue weighted by Gasteiger charge is -2.16. The van der Waals surface area contributed by atoms with Crippen LogP contribution in [-0.2, 0) is 16.1 Å². The first-order valence-corrected chi connectivity index (χ1v) is 5.28. The lowest BCUT2D eigenvalue weighted by atomic mass is 10.4. The summed E-state index contributed by atoms with van der Waals surface area (Å²) in [6.07, 6.45) is 0. The second-order valence-electron chi connectivity index (χ2n) is 3.63. The molecule has 1 rings (SSSR count). The summed E-state index contributed by atoms with van der Waals surface area (Å²) in [6.45, 7) is 7.29. The lowest BCUT2D eigenvalue weighted by molar-refractivity contribution is -0.142. The number of likely N-dealkylation sites (N-methyl/N-ethyl adjacent to an activating group) is 1. The van der Waals surface area contributed by atoms with E-state index in [9.17, 15) is 4.79 Å². The topological polar surface area (TPSA) is 55.6 Å².